The van der Waals surface area contributed by atoms with Gasteiger partial charge in [-0.3, -0.25) is 25.2 Å². The van der Waals surface area contributed by atoms with Crippen molar-refractivity contribution >= 4 is 50.7 Å². The summed E-state index contributed by atoms with van der Waals surface area (Å²) in [6, 6.07) is 18.7. The Balaban J connectivity index is 1.56. The highest BCUT2D eigenvalue weighted by Crippen LogP contribution is 2.26. The molecule has 2 amide bonds. The maximum Gasteiger partial charge on any atom is 0.269 e. The Morgan fingerprint density at radius 3 is 2.13 bits per heavy atom. The molecule has 0 aliphatic rings. The molecule has 3 rings (SSSR count). The number of halogens is 2. The Hall–Kier alpha value is -3.07. The normalized spacial score (nSPS) is 10.9. The van der Waals surface area contributed by atoms with E-state index in [0.29, 0.717) is 16.8 Å². The summed E-state index contributed by atoms with van der Waals surface area (Å²) in [6.45, 7) is 0. The number of sulfonamides is 1. The summed E-state index contributed by atoms with van der Waals surface area (Å²) in [5.74, 6) is -0.852. The maximum atomic E-state index is 12.5. The molecule has 0 saturated carbocycles. The molecule has 3 N–H and O–H groups in total. The van der Waals surface area contributed by atoms with Gasteiger partial charge in [0.15, 0.2) is 0 Å². The van der Waals surface area contributed by atoms with Crippen molar-refractivity contribution in [3.63, 3.8) is 0 Å². The van der Waals surface area contributed by atoms with Gasteiger partial charge in [0.25, 0.3) is 15.9 Å². The predicted octanol–water partition coefficient (Wildman–Crippen LogP) is 3.80. The minimum Gasteiger partial charge on any atom is -0.280 e. The minimum absolute atomic E-state index is 0.00507. The summed E-state index contributed by atoms with van der Waals surface area (Å²) in [5, 5.41) is 0.383. The first-order valence-electron chi connectivity index (χ1n) is 8.95. The van der Waals surface area contributed by atoms with Crippen molar-refractivity contribution < 1.29 is 18.0 Å². The zero-order valence-corrected chi connectivity index (χ0v) is 18.3. The van der Waals surface area contributed by atoms with Gasteiger partial charge in [0.05, 0.1) is 21.4 Å². The zero-order chi connectivity index (χ0) is 22.4. The number of carbonyl (C=O) groups is 2. The van der Waals surface area contributed by atoms with Crippen molar-refractivity contribution in [3.05, 3.63) is 94.0 Å². The van der Waals surface area contributed by atoms with Gasteiger partial charge in [0, 0.05) is 11.3 Å². The van der Waals surface area contributed by atoms with Crippen LogP contribution in [0.2, 0.25) is 10.0 Å². The minimum atomic E-state index is -3.85. The third-order valence-electron chi connectivity index (χ3n) is 4.12. The summed E-state index contributed by atoms with van der Waals surface area (Å²) >= 11 is 11.7. The molecule has 0 aromatic heterocycles. The Morgan fingerprint density at radius 1 is 0.806 bits per heavy atom. The van der Waals surface area contributed by atoms with Crippen molar-refractivity contribution in [2.45, 2.75) is 11.3 Å². The molecule has 0 bridgehead atoms. The highest BCUT2D eigenvalue weighted by Gasteiger charge is 2.16. The van der Waals surface area contributed by atoms with Crippen molar-refractivity contribution in [2.75, 3.05) is 4.72 Å². The Labute approximate surface area is 189 Å². The number of hydrazine groups is 1. The largest absolute Gasteiger partial charge is 0.280 e. The number of nitrogens with one attached hydrogen (secondary N) is 3. The van der Waals surface area contributed by atoms with Crippen LogP contribution in [0.1, 0.15) is 15.9 Å². The predicted molar refractivity (Wildman–Crippen MR) is 119 cm³/mol. The van der Waals surface area contributed by atoms with E-state index in [9.17, 15) is 18.0 Å². The smallest absolute Gasteiger partial charge is 0.269 e. The fraction of sp³-hybridized carbons (Fsp3) is 0.0476. The highest BCUT2D eigenvalue weighted by molar-refractivity contribution is 7.92. The van der Waals surface area contributed by atoms with Crippen molar-refractivity contribution in [3.8, 4) is 0 Å². The van der Waals surface area contributed by atoms with Crippen LogP contribution >= 0.6 is 23.2 Å². The molecule has 3 aromatic rings. The van der Waals surface area contributed by atoms with Crippen LogP contribution in [0.25, 0.3) is 0 Å². The van der Waals surface area contributed by atoms with Gasteiger partial charge in [-0.15, -0.1) is 0 Å². The van der Waals surface area contributed by atoms with Gasteiger partial charge in [-0.05, 0) is 48.0 Å². The molecule has 0 spiro atoms. The molecule has 7 nitrogen and oxygen atoms in total. The molecule has 0 aliphatic carbocycles. The summed E-state index contributed by atoms with van der Waals surface area (Å²) < 4.78 is 27.4. The van der Waals surface area contributed by atoms with E-state index < -0.39 is 21.8 Å². The lowest BCUT2D eigenvalue weighted by molar-refractivity contribution is -0.121. The Kier molecular flexibility index (Phi) is 7.17. The van der Waals surface area contributed by atoms with Crippen LogP contribution in [0.4, 0.5) is 5.69 Å². The van der Waals surface area contributed by atoms with E-state index in [-0.39, 0.29) is 21.4 Å². The average Bonchev–Trinajstić information content (AvgIpc) is 2.75. The van der Waals surface area contributed by atoms with E-state index in [0.717, 1.165) is 0 Å². The summed E-state index contributed by atoms with van der Waals surface area (Å²) in [5.41, 5.74) is 6.04. The topological polar surface area (TPSA) is 104 Å². The number of hydrogen-bond donors (Lipinski definition) is 3. The fourth-order valence-electron chi connectivity index (χ4n) is 2.57. The molecule has 0 saturated heterocycles. The second kappa shape index (κ2) is 9.82. The van der Waals surface area contributed by atoms with Crippen molar-refractivity contribution in [1.29, 1.82) is 0 Å². The zero-order valence-electron chi connectivity index (χ0n) is 15.9. The molecular formula is C21H17Cl2N3O4S. The second-order valence-corrected chi connectivity index (χ2v) is 8.92. The molecule has 0 unspecified atom stereocenters. The summed E-state index contributed by atoms with van der Waals surface area (Å²) in [7, 11) is -3.85. The van der Waals surface area contributed by atoms with Gasteiger partial charge in [0.1, 0.15) is 0 Å². The van der Waals surface area contributed by atoms with Crippen LogP contribution < -0.4 is 15.6 Å². The molecule has 160 valence electrons. The molecule has 31 heavy (non-hydrogen) atoms. The number of hydrogen-bond acceptors (Lipinski definition) is 4. The molecule has 3 aromatic carbocycles. The quantitative estimate of drug-likeness (QED) is 0.469. The standard InChI is InChI=1S/C21H17Cl2N3O4S/c22-18-11-10-17(13-19(18)23)31(29,30)26-16-8-6-14(7-9-16)12-20(27)24-25-21(28)15-4-2-1-3-5-15/h1-11,13,26H,12H2,(H,24,27)(H,25,28). The number of amides is 2. The summed E-state index contributed by atoms with van der Waals surface area (Å²) in [4.78, 5) is 23.9. The summed E-state index contributed by atoms with van der Waals surface area (Å²) in [6.07, 6.45) is -0.00507. The molecule has 10 heteroatoms. The van der Waals surface area contributed by atoms with Gasteiger partial charge in [-0.2, -0.15) is 0 Å². The lowest BCUT2D eigenvalue weighted by Crippen LogP contribution is -2.42. The monoisotopic (exact) mass is 477 g/mol. The molecule has 0 aliphatic heterocycles. The van der Waals surface area contributed by atoms with E-state index in [1.54, 1.807) is 42.5 Å². The van der Waals surface area contributed by atoms with E-state index in [4.69, 9.17) is 23.2 Å². The van der Waals surface area contributed by atoms with E-state index in [1.165, 1.54) is 30.3 Å². The number of carbonyl (C=O) groups excluding carboxylic acids is 2. The molecule has 0 heterocycles. The Morgan fingerprint density at radius 2 is 1.48 bits per heavy atom. The van der Waals surface area contributed by atoms with Crippen LogP contribution in [0.15, 0.2) is 77.7 Å². The van der Waals surface area contributed by atoms with Crippen molar-refractivity contribution in [2.24, 2.45) is 0 Å². The van der Waals surface area contributed by atoms with Gasteiger partial charge < -0.3 is 0 Å². The van der Waals surface area contributed by atoms with Gasteiger partial charge >= 0.3 is 0 Å². The van der Waals surface area contributed by atoms with E-state index in [1.807, 2.05) is 0 Å². The fourth-order valence-corrected chi connectivity index (χ4v) is 4.01. The van der Waals surface area contributed by atoms with Gasteiger partial charge in [-0.25, -0.2) is 8.42 Å². The third-order valence-corrected chi connectivity index (χ3v) is 6.24. The molecular weight excluding hydrogens is 461 g/mol. The molecule has 0 atom stereocenters. The maximum absolute atomic E-state index is 12.5. The van der Waals surface area contributed by atoms with Crippen LogP contribution in [0.3, 0.4) is 0 Å². The number of rotatable bonds is 6. The van der Waals surface area contributed by atoms with Gasteiger partial charge in [0.2, 0.25) is 5.91 Å². The average molecular weight is 478 g/mol. The highest BCUT2D eigenvalue weighted by atomic mass is 35.5. The second-order valence-electron chi connectivity index (χ2n) is 6.42. The molecule has 0 radical (unpaired) electrons. The first kappa shape index (κ1) is 22.6. The Bertz CT molecular complexity index is 1200. The molecule has 0 fully saturated rings. The number of anilines is 1. The van der Waals surface area contributed by atoms with Crippen LogP contribution in [0.5, 0.6) is 0 Å². The van der Waals surface area contributed by atoms with Crippen molar-refractivity contribution in [1.82, 2.24) is 10.9 Å². The first-order valence-corrected chi connectivity index (χ1v) is 11.2. The SMILES string of the molecule is O=C(Cc1ccc(NS(=O)(=O)c2ccc(Cl)c(Cl)c2)cc1)NNC(=O)c1ccccc1. The lowest BCUT2D eigenvalue weighted by Gasteiger charge is -2.10. The lowest BCUT2D eigenvalue weighted by atomic mass is 10.1. The van der Waals surface area contributed by atoms with E-state index in [2.05, 4.69) is 15.6 Å². The van der Waals surface area contributed by atoms with Crippen LogP contribution in [-0.4, -0.2) is 20.2 Å². The third kappa shape index (κ3) is 6.21. The number of benzene rings is 3. The van der Waals surface area contributed by atoms with Gasteiger partial charge in [-0.1, -0.05) is 53.5 Å². The van der Waals surface area contributed by atoms with Crippen LogP contribution in [0, 0.1) is 0 Å². The van der Waals surface area contributed by atoms with E-state index >= 15 is 0 Å². The first-order chi connectivity index (χ1) is 14.7. The van der Waals surface area contributed by atoms with Crippen LogP contribution in [-0.2, 0) is 21.2 Å².